The monoisotopic (exact) mass is 261 g/mol. The van der Waals surface area contributed by atoms with E-state index in [-0.39, 0.29) is 5.00 Å². The van der Waals surface area contributed by atoms with Crippen molar-refractivity contribution in [1.29, 1.82) is 0 Å². The third-order valence-corrected chi connectivity index (χ3v) is 2.75. The Kier molecular flexibility index (Phi) is 6.45. The highest BCUT2D eigenvalue weighted by Crippen LogP contribution is 2.24. The molecule has 0 aliphatic rings. The molecule has 1 N–H and O–H groups in total. The Morgan fingerprint density at radius 1 is 1.53 bits per heavy atom. The van der Waals surface area contributed by atoms with E-state index in [0.717, 1.165) is 17.8 Å². The van der Waals surface area contributed by atoms with Crippen LogP contribution >= 0.6 is 11.3 Å². The van der Waals surface area contributed by atoms with Crippen LogP contribution in [-0.2, 0) is 9.47 Å². The first-order chi connectivity index (χ1) is 8.24. The molecule has 0 bridgehead atoms. The van der Waals surface area contributed by atoms with Crippen LogP contribution in [0, 0.1) is 10.1 Å². The van der Waals surface area contributed by atoms with Crippen molar-refractivity contribution in [3.05, 3.63) is 16.3 Å². The first-order valence-corrected chi connectivity index (χ1v) is 5.96. The fourth-order valence-electron chi connectivity index (χ4n) is 1.05. The molecule has 7 nitrogen and oxygen atoms in total. The van der Waals surface area contributed by atoms with Gasteiger partial charge in [-0.2, -0.15) is 0 Å². The molecule has 8 heteroatoms. The van der Waals surface area contributed by atoms with Gasteiger partial charge in [0.15, 0.2) is 5.13 Å². The van der Waals surface area contributed by atoms with Gasteiger partial charge in [-0.1, -0.05) is 0 Å². The van der Waals surface area contributed by atoms with Gasteiger partial charge in [0, 0.05) is 20.3 Å². The number of methoxy groups -OCH3 is 1. The van der Waals surface area contributed by atoms with Crippen LogP contribution < -0.4 is 5.32 Å². The molecule has 96 valence electrons. The van der Waals surface area contributed by atoms with Crippen LogP contribution in [0.2, 0.25) is 0 Å². The van der Waals surface area contributed by atoms with E-state index in [4.69, 9.17) is 9.47 Å². The zero-order valence-corrected chi connectivity index (χ0v) is 10.4. The summed E-state index contributed by atoms with van der Waals surface area (Å²) >= 11 is 1.03. The largest absolute Gasteiger partial charge is 0.382 e. The van der Waals surface area contributed by atoms with Crippen molar-refractivity contribution in [2.45, 2.75) is 6.42 Å². The highest BCUT2D eigenvalue weighted by atomic mass is 32.1. The van der Waals surface area contributed by atoms with Crippen molar-refractivity contribution in [1.82, 2.24) is 4.98 Å². The summed E-state index contributed by atoms with van der Waals surface area (Å²) in [6.45, 7) is 2.48. The molecule has 0 saturated heterocycles. The number of nitrogens with zero attached hydrogens (tertiary/aromatic N) is 2. The van der Waals surface area contributed by atoms with E-state index in [1.807, 2.05) is 0 Å². The first-order valence-electron chi connectivity index (χ1n) is 5.15. The summed E-state index contributed by atoms with van der Waals surface area (Å²) < 4.78 is 10.1. The van der Waals surface area contributed by atoms with E-state index >= 15 is 0 Å². The van der Waals surface area contributed by atoms with Crippen LogP contribution in [-0.4, -0.2) is 43.4 Å². The van der Waals surface area contributed by atoms with Crippen molar-refractivity contribution >= 4 is 21.5 Å². The molecule has 0 atom stereocenters. The minimum Gasteiger partial charge on any atom is -0.382 e. The maximum Gasteiger partial charge on any atom is 0.345 e. The number of rotatable bonds is 9. The number of thiazole rings is 1. The van der Waals surface area contributed by atoms with Gasteiger partial charge in [-0.25, -0.2) is 4.98 Å². The number of hydrogen-bond acceptors (Lipinski definition) is 7. The molecule has 0 saturated carbocycles. The lowest BCUT2D eigenvalue weighted by Gasteiger charge is -2.03. The van der Waals surface area contributed by atoms with Crippen LogP contribution in [0.3, 0.4) is 0 Å². The Morgan fingerprint density at radius 3 is 3.00 bits per heavy atom. The van der Waals surface area contributed by atoms with E-state index in [0.29, 0.717) is 31.5 Å². The summed E-state index contributed by atoms with van der Waals surface area (Å²) in [7, 11) is 1.63. The lowest BCUT2D eigenvalue weighted by Crippen LogP contribution is -2.08. The van der Waals surface area contributed by atoms with Gasteiger partial charge >= 0.3 is 5.00 Å². The zero-order chi connectivity index (χ0) is 12.5. The average molecular weight is 261 g/mol. The summed E-state index contributed by atoms with van der Waals surface area (Å²) in [4.78, 5) is 13.8. The maximum absolute atomic E-state index is 10.4. The van der Waals surface area contributed by atoms with Crippen molar-refractivity contribution in [2.24, 2.45) is 0 Å². The number of aromatic nitrogens is 1. The second-order valence-corrected chi connectivity index (χ2v) is 4.16. The molecule has 0 aliphatic heterocycles. The second kappa shape index (κ2) is 7.93. The molecule has 17 heavy (non-hydrogen) atoms. The Balaban J connectivity index is 2.07. The predicted molar refractivity (Wildman–Crippen MR) is 64.6 cm³/mol. The van der Waals surface area contributed by atoms with Crippen LogP contribution in [0.15, 0.2) is 6.20 Å². The molecule has 0 spiro atoms. The molecule has 1 heterocycles. The van der Waals surface area contributed by atoms with Crippen LogP contribution in [0.4, 0.5) is 10.1 Å². The first kappa shape index (κ1) is 13.8. The van der Waals surface area contributed by atoms with Crippen LogP contribution in [0.1, 0.15) is 6.42 Å². The van der Waals surface area contributed by atoms with Gasteiger partial charge in [-0.05, 0) is 17.8 Å². The molecule has 1 aromatic heterocycles. The average Bonchev–Trinajstić information content (AvgIpc) is 2.77. The maximum atomic E-state index is 10.4. The predicted octanol–water partition coefficient (Wildman–Crippen LogP) is 1.52. The topological polar surface area (TPSA) is 86.5 Å². The van der Waals surface area contributed by atoms with Gasteiger partial charge in [0.2, 0.25) is 0 Å². The van der Waals surface area contributed by atoms with Gasteiger partial charge in [0.1, 0.15) is 6.20 Å². The Bertz CT molecular complexity index is 345. The molecule has 0 aliphatic carbocycles. The molecule has 1 rings (SSSR count). The molecule has 0 fully saturated rings. The van der Waals surface area contributed by atoms with Crippen molar-refractivity contribution < 1.29 is 14.4 Å². The minimum atomic E-state index is -0.448. The van der Waals surface area contributed by atoms with Gasteiger partial charge in [0.25, 0.3) is 0 Å². The lowest BCUT2D eigenvalue weighted by molar-refractivity contribution is -0.380. The summed E-state index contributed by atoms with van der Waals surface area (Å²) in [5, 5.41) is 14.0. The van der Waals surface area contributed by atoms with Gasteiger partial charge in [0.05, 0.1) is 18.1 Å². The molecule has 0 unspecified atom stereocenters. The third kappa shape index (κ3) is 5.57. The smallest absolute Gasteiger partial charge is 0.345 e. The van der Waals surface area contributed by atoms with Crippen LogP contribution in [0.5, 0.6) is 0 Å². The Labute approximate surface area is 103 Å². The van der Waals surface area contributed by atoms with E-state index in [1.165, 1.54) is 6.20 Å². The molecular weight excluding hydrogens is 246 g/mol. The molecular formula is C9H15N3O4S. The number of nitrogens with one attached hydrogen (secondary N) is 1. The normalized spacial score (nSPS) is 10.4. The number of anilines is 1. The standard InChI is InChI=1S/C9H15N3O4S/c1-15-5-6-16-4-2-3-10-9-11-7-8(17-9)12(13)14/h7H,2-6H2,1H3,(H,10,11). The van der Waals surface area contributed by atoms with Crippen LogP contribution in [0.25, 0.3) is 0 Å². The van der Waals surface area contributed by atoms with Gasteiger partial charge in [-0.15, -0.1) is 0 Å². The zero-order valence-electron chi connectivity index (χ0n) is 9.55. The summed E-state index contributed by atoms with van der Waals surface area (Å²) in [5.41, 5.74) is 0. The summed E-state index contributed by atoms with van der Waals surface area (Å²) in [6.07, 6.45) is 2.07. The minimum absolute atomic E-state index is 0.0452. The molecule has 0 aromatic carbocycles. The second-order valence-electron chi connectivity index (χ2n) is 3.15. The summed E-state index contributed by atoms with van der Waals surface area (Å²) in [5.74, 6) is 0. The van der Waals surface area contributed by atoms with Crippen molar-refractivity contribution in [3.8, 4) is 0 Å². The van der Waals surface area contributed by atoms with E-state index in [9.17, 15) is 10.1 Å². The third-order valence-electron chi connectivity index (χ3n) is 1.85. The van der Waals surface area contributed by atoms with E-state index < -0.39 is 4.92 Å². The quantitative estimate of drug-likeness (QED) is 0.412. The van der Waals surface area contributed by atoms with Gasteiger partial charge < -0.3 is 14.8 Å². The van der Waals surface area contributed by atoms with Gasteiger partial charge in [-0.3, -0.25) is 10.1 Å². The lowest BCUT2D eigenvalue weighted by atomic mass is 10.4. The van der Waals surface area contributed by atoms with E-state index in [1.54, 1.807) is 7.11 Å². The molecule has 0 radical (unpaired) electrons. The Hall–Kier alpha value is -1.25. The SMILES string of the molecule is COCCOCCCNc1ncc([N+](=O)[O-])s1. The Morgan fingerprint density at radius 2 is 2.35 bits per heavy atom. The van der Waals surface area contributed by atoms with Crippen molar-refractivity contribution in [3.63, 3.8) is 0 Å². The summed E-state index contributed by atoms with van der Waals surface area (Å²) in [6, 6.07) is 0. The van der Waals surface area contributed by atoms with E-state index in [2.05, 4.69) is 10.3 Å². The number of nitro groups is 1. The fourth-order valence-corrected chi connectivity index (χ4v) is 1.70. The molecule has 1 aromatic rings. The fraction of sp³-hybridized carbons (Fsp3) is 0.667. The highest BCUT2D eigenvalue weighted by Gasteiger charge is 2.10. The van der Waals surface area contributed by atoms with Crippen molar-refractivity contribution in [2.75, 3.05) is 38.8 Å². The number of ether oxygens (including phenoxy) is 2. The molecule has 0 amide bonds. The highest BCUT2D eigenvalue weighted by molar-refractivity contribution is 7.18. The number of hydrogen-bond donors (Lipinski definition) is 1.